The first kappa shape index (κ1) is 19.2. The molecule has 0 fully saturated rings. The first-order valence-corrected chi connectivity index (χ1v) is 9.02. The van der Waals surface area contributed by atoms with Crippen LogP contribution >= 0.6 is 0 Å². The predicted molar refractivity (Wildman–Crippen MR) is 112 cm³/mol. The van der Waals surface area contributed by atoms with Crippen LogP contribution in [0.4, 0.5) is 28.8 Å². The van der Waals surface area contributed by atoms with E-state index in [1.807, 2.05) is 68.4 Å². The molecule has 0 aliphatic rings. The van der Waals surface area contributed by atoms with E-state index in [0.29, 0.717) is 18.4 Å². The van der Waals surface area contributed by atoms with Gasteiger partial charge in [0.15, 0.2) is 0 Å². The molecule has 3 N–H and O–H groups in total. The Morgan fingerprint density at radius 1 is 0.964 bits per heavy atom. The van der Waals surface area contributed by atoms with Gasteiger partial charge < -0.3 is 20.7 Å². The second-order valence-electron chi connectivity index (χ2n) is 6.19. The van der Waals surface area contributed by atoms with Gasteiger partial charge in [0.25, 0.3) is 0 Å². The fourth-order valence-electron chi connectivity index (χ4n) is 2.64. The van der Waals surface area contributed by atoms with Gasteiger partial charge in [0.2, 0.25) is 11.9 Å². The largest absolute Gasteiger partial charge is 0.494 e. The molecule has 0 aliphatic heterocycles. The van der Waals surface area contributed by atoms with Crippen molar-refractivity contribution in [3.05, 3.63) is 60.3 Å². The molecule has 3 aromatic rings. The van der Waals surface area contributed by atoms with Gasteiger partial charge in [0.05, 0.1) is 6.61 Å². The van der Waals surface area contributed by atoms with Gasteiger partial charge in [-0.1, -0.05) is 6.07 Å². The summed E-state index contributed by atoms with van der Waals surface area (Å²) in [4.78, 5) is 20.2. The third kappa shape index (κ3) is 5.44. The minimum absolute atomic E-state index is 0.114. The van der Waals surface area contributed by atoms with Crippen molar-refractivity contribution >= 4 is 34.7 Å². The number of amides is 1. The Hall–Kier alpha value is -3.61. The molecule has 3 rings (SSSR count). The van der Waals surface area contributed by atoms with Crippen molar-refractivity contribution in [3.8, 4) is 5.75 Å². The third-order valence-corrected chi connectivity index (χ3v) is 3.73. The van der Waals surface area contributed by atoms with E-state index in [0.717, 1.165) is 28.5 Å². The van der Waals surface area contributed by atoms with Gasteiger partial charge in [0, 0.05) is 35.7 Å². The molecule has 144 valence electrons. The van der Waals surface area contributed by atoms with E-state index in [1.54, 1.807) is 0 Å². The van der Waals surface area contributed by atoms with Crippen LogP contribution in [0.5, 0.6) is 5.75 Å². The number of hydrogen-bond donors (Lipinski definition) is 3. The van der Waals surface area contributed by atoms with Crippen LogP contribution in [0.15, 0.2) is 54.6 Å². The molecule has 0 aliphatic carbocycles. The number of rotatable bonds is 7. The maximum absolute atomic E-state index is 11.2. The van der Waals surface area contributed by atoms with E-state index >= 15 is 0 Å². The van der Waals surface area contributed by atoms with Crippen molar-refractivity contribution in [1.29, 1.82) is 0 Å². The normalized spacial score (nSPS) is 10.2. The highest BCUT2D eigenvalue weighted by molar-refractivity contribution is 5.89. The lowest BCUT2D eigenvalue weighted by molar-refractivity contribution is -0.114. The second-order valence-corrected chi connectivity index (χ2v) is 6.19. The van der Waals surface area contributed by atoms with Crippen LogP contribution in [0.25, 0.3) is 0 Å². The summed E-state index contributed by atoms with van der Waals surface area (Å²) < 4.78 is 5.45. The zero-order valence-electron chi connectivity index (χ0n) is 16.1. The smallest absolute Gasteiger partial charge is 0.229 e. The van der Waals surface area contributed by atoms with Crippen LogP contribution < -0.4 is 20.7 Å². The molecule has 0 unspecified atom stereocenters. The topological polar surface area (TPSA) is 88.2 Å². The Morgan fingerprint density at radius 3 is 2.43 bits per heavy atom. The third-order valence-electron chi connectivity index (χ3n) is 3.73. The van der Waals surface area contributed by atoms with Gasteiger partial charge >= 0.3 is 0 Å². The van der Waals surface area contributed by atoms with E-state index in [-0.39, 0.29) is 5.91 Å². The van der Waals surface area contributed by atoms with E-state index in [9.17, 15) is 4.79 Å². The summed E-state index contributed by atoms with van der Waals surface area (Å²) in [6.07, 6.45) is 0. The fourth-order valence-corrected chi connectivity index (χ4v) is 2.64. The molecule has 1 amide bonds. The Morgan fingerprint density at radius 2 is 1.71 bits per heavy atom. The number of hydrogen-bond acceptors (Lipinski definition) is 6. The Bertz CT molecular complexity index is 957. The molecule has 0 saturated heterocycles. The molecule has 0 bridgehead atoms. The van der Waals surface area contributed by atoms with Crippen LogP contribution in [0.1, 0.15) is 19.5 Å². The van der Waals surface area contributed by atoms with E-state index < -0.39 is 0 Å². The quantitative estimate of drug-likeness (QED) is 0.556. The fraction of sp³-hybridized carbons (Fsp3) is 0.190. The SMILES string of the molecule is CCOc1ccc(Nc2nc(C)cc(Nc3cccc(NC(C)=O)c3)n2)cc1. The predicted octanol–water partition coefficient (Wildman–Crippen LogP) is 4.63. The summed E-state index contributed by atoms with van der Waals surface area (Å²) in [6, 6.07) is 16.9. The first-order valence-electron chi connectivity index (χ1n) is 9.02. The van der Waals surface area contributed by atoms with Crippen molar-refractivity contribution in [2.24, 2.45) is 0 Å². The first-order chi connectivity index (χ1) is 13.5. The number of nitrogens with zero attached hydrogens (tertiary/aromatic N) is 2. The number of aromatic nitrogens is 2. The van der Waals surface area contributed by atoms with E-state index in [1.165, 1.54) is 6.92 Å². The Kier molecular flexibility index (Phi) is 6.06. The molecule has 2 aromatic carbocycles. The van der Waals surface area contributed by atoms with Crippen molar-refractivity contribution < 1.29 is 9.53 Å². The zero-order valence-corrected chi connectivity index (χ0v) is 16.1. The van der Waals surface area contributed by atoms with Crippen molar-refractivity contribution in [3.63, 3.8) is 0 Å². The van der Waals surface area contributed by atoms with Crippen LogP contribution in [0.2, 0.25) is 0 Å². The molecule has 0 spiro atoms. The number of aryl methyl sites for hydroxylation is 1. The number of nitrogens with one attached hydrogen (secondary N) is 3. The number of ether oxygens (including phenoxy) is 1. The molecule has 1 aromatic heterocycles. The molecule has 1 heterocycles. The molecule has 0 atom stereocenters. The minimum atomic E-state index is -0.114. The van der Waals surface area contributed by atoms with Crippen LogP contribution in [-0.4, -0.2) is 22.5 Å². The lowest BCUT2D eigenvalue weighted by atomic mass is 10.2. The zero-order chi connectivity index (χ0) is 19.9. The monoisotopic (exact) mass is 377 g/mol. The summed E-state index contributed by atoms with van der Waals surface area (Å²) in [5, 5.41) is 9.22. The highest BCUT2D eigenvalue weighted by Crippen LogP contribution is 2.22. The Labute approximate surface area is 164 Å². The highest BCUT2D eigenvalue weighted by Gasteiger charge is 2.05. The van der Waals surface area contributed by atoms with Crippen LogP contribution in [-0.2, 0) is 4.79 Å². The van der Waals surface area contributed by atoms with Crippen LogP contribution in [0, 0.1) is 6.92 Å². The van der Waals surface area contributed by atoms with Crippen molar-refractivity contribution in [2.75, 3.05) is 22.6 Å². The van der Waals surface area contributed by atoms with Crippen LogP contribution in [0.3, 0.4) is 0 Å². The lowest BCUT2D eigenvalue weighted by Crippen LogP contribution is -2.06. The Balaban J connectivity index is 1.75. The molecular weight excluding hydrogens is 354 g/mol. The summed E-state index contributed by atoms with van der Waals surface area (Å²) in [5.74, 6) is 1.85. The van der Waals surface area contributed by atoms with Gasteiger partial charge in [-0.25, -0.2) is 4.98 Å². The van der Waals surface area contributed by atoms with Gasteiger partial charge in [0.1, 0.15) is 11.6 Å². The summed E-state index contributed by atoms with van der Waals surface area (Å²) in [6.45, 7) is 5.97. The van der Waals surface area contributed by atoms with Gasteiger partial charge in [-0.3, -0.25) is 4.79 Å². The van der Waals surface area contributed by atoms with Gasteiger partial charge in [-0.05, 0) is 56.3 Å². The summed E-state index contributed by atoms with van der Waals surface area (Å²) in [7, 11) is 0. The summed E-state index contributed by atoms with van der Waals surface area (Å²) >= 11 is 0. The molecule has 0 saturated carbocycles. The highest BCUT2D eigenvalue weighted by atomic mass is 16.5. The van der Waals surface area contributed by atoms with Crippen molar-refractivity contribution in [2.45, 2.75) is 20.8 Å². The molecule has 0 radical (unpaired) electrons. The maximum atomic E-state index is 11.2. The van der Waals surface area contributed by atoms with E-state index in [2.05, 4.69) is 25.9 Å². The lowest BCUT2D eigenvalue weighted by Gasteiger charge is -2.11. The maximum Gasteiger partial charge on any atom is 0.229 e. The molecule has 28 heavy (non-hydrogen) atoms. The number of carbonyl (C=O) groups is 1. The molecule has 7 heteroatoms. The van der Waals surface area contributed by atoms with Gasteiger partial charge in [-0.2, -0.15) is 4.98 Å². The number of anilines is 5. The minimum Gasteiger partial charge on any atom is -0.494 e. The second kappa shape index (κ2) is 8.85. The molecular formula is C21H23N5O2. The average molecular weight is 377 g/mol. The standard InChI is InChI=1S/C21H23N5O2/c1-4-28-19-10-8-16(9-11-19)25-21-22-14(2)12-20(26-21)24-18-7-5-6-17(13-18)23-15(3)27/h5-13H,4H2,1-3H3,(H,23,27)(H2,22,24,25,26). The molecule has 7 nitrogen and oxygen atoms in total. The van der Waals surface area contributed by atoms with Gasteiger partial charge in [-0.15, -0.1) is 0 Å². The number of carbonyl (C=O) groups excluding carboxylic acids is 1. The average Bonchev–Trinajstić information content (AvgIpc) is 2.63. The number of benzene rings is 2. The summed E-state index contributed by atoms with van der Waals surface area (Å²) in [5.41, 5.74) is 3.23. The van der Waals surface area contributed by atoms with Crippen molar-refractivity contribution in [1.82, 2.24) is 9.97 Å². The van der Waals surface area contributed by atoms with E-state index in [4.69, 9.17) is 4.74 Å².